The first-order valence-electron chi connectivity index (χ1n) is 5.51. The van der Waals surface area contributed by atoms with E-state index < -0.39 is 17.8 Å². The highest BCUT2D eigenvalue weighted by Crippen LogP contribution is 2.24. The molecule has 7 nitrogen and oxygen atoms in total. The first-order chi connectivity index (χ1) is 8.67. The molecule has 1 heterocycles. The second-order valence-electron chi connectivity index (χ2n) is 4.69. The molecule has 0 aromatic carbocycles. The molecule has 0 radical (unpaired) electrons. The summed E-state index contributed by atoms with van der Waals surface area (Å²) in [5, 5.41) is 11.6. The van der Waals surface area contributed by atoms with Crippen LogP contribution in [0.15, 0.2) is 0 Å². The number of hydrogen-bond acceptors (Lipinski definition) is 6. The van der Waals surface area contributed by atoms with E-state index in [9.17, 15) is 9.59 Å². The van der Waals surface area contributed by atoms with Gasteiger partial charge in [-0.25, -0.2) is 14.6 Å². The van der Waals surface area contributed by atoms with Crippen molar-refractivity contribution in [2.75, 3.05) is 0 Å². The molecule has 106 valence electrons. The van der Waals surface area contributed by atoms with Crippen LogP contribution < -0.4 is 10.1 Å². The lowest BCUT2D eigenvalue weighted by Gasteiger charge is -2.19. The number of rotatable bonds is 3. The van der Waals surface area contributed by atoms with Crippen LogP contribution in [0, 0.1) is 6.92 Å². The quantitative estimate of drug-likeness (QED) is 0.829. The molecule has 0 saturated heterocycles. The Kier molecular flexibility index (Phi) is 4.71. The molecule has 1 aromatic heterocycles. The molecule has 0 fully saturated rings. The standard InChI is InChI=1S/C11H16N2O5S/c1-6-8(17-10(15)16)13-7(19-6)5-12-9(14)18-11(2,3)4/h5H2,1-4H3,(H,12,14)(H,15,16). The number of aryl methyl sites for hydroxylation is 1. The molecule has 0 aliphatic rings. The van der Waals surface area contributed by atoms with Gasteiger partial charge < -0.3 is 19.9 Å². The maximum absolute atomic E-state index is 11.4. The molecule has 19 heavy (non-hydrogen) atoms. The minimum Gasteiger partial charge on any atom is -0.449 e. The average Bonchev–Trinajstić information content (AvgIpc) is 2.53. The Hall–Kier alpha value is -1.83. The Balaban J connectivity index is 2.54. The van der Waals surface area contributed by atoms with Crippen LogP contribution >= 0.6 is 11.3 Å². The van der Waals surface area contributed by atoms with E-state index in [0.717, 1.165) is 0 Å². The van der Waals surface area contributed by atoms with Crippen molar-refractivity contribution < 1.29 is 24.2 Å². The van der Waals surface area contributed by atoms with Crippen LogP contribution in [-0.4, -0.2) is 27.9 Å². The summed E-state index contributed by atoms with van der Waals surface area (Å²) in [5.74, 6) is 0.0403. The normalized spacial score (nSPS) is 10.9. The van der Waals surface area contributed by atoms with Gasteiger partial charge in [-0.1, -0.05) is 0 Å². The van der Waals surface area contributed by atoms with Crippen LogP contribution in [0.2, 0.25) is 0 Å². The lowest BCUT2D eigenvalue weighted by atomic mass is 10.2. The number of carboxylic acid groups (broad SMARTS) is 1. The molecule has 2 N–H and O–H groups in total. The minimum atomic E-state index is -1.42. The van der Waals surface area contributed by atoms with Gasteiger partial charge in [0.2, 0.25) is 5.88 Å². The number of nitrogens with zero attached hydrogens (tertiary/aromatic N) is 1. The number of hydrogen-bond donors (Lipinski definition) is 2. The van der Waals surface area contributed by atoms with E-state index in [-0.39, 0.29) is 12.4 Å². The van der Waals surface area contributed by atoms with Gasteiger partial charge in [0, 0.05) is 0 Å². The van der Waals surface area contributed by atoms with Crippen molar-refractivity contribution in [3.63, 3.8) is 0 Å². The molecule has 0 bridgehead atoms. The Morgan fingerprint density at radius 3 is 2.58 bits per heavy atom. The molecular weight excluding hydrogens is 272 g/mol. The number of carbonyl (C=O) groups excluding carboxylic acids is 1. The lowest BCUT2D eigenvalue weighted by Crippen LogP contribution is -2.32. The zero-order chi connectivity index (χ0) is 14.6. The Bertz CT molecular complexity index is 478. The van der Waals surface area contributed by atoms with Crippen LogP contribution in [0.3, 0.4) is 0 Å². The minimum absolute atomic E-state index is 0.0403. The third-order valence-corrected chi connectivity index (χ3v) is 2.72. The molecule has 1 rings (SSSR count). The molecule has 0 spiro atoms. The van der Waals surface area contributed by atoms with Gasteiger partial charge in [0.25, 0.3) is 0 Å². The fraction of sp³-hybridized carbons (Fsp3) is 0.545. The summed E-state index contributed by atoms with van der Waals surface area (Å²) in [5.41, 5.74) is -0.569. The average molecular weight is 288 g/mol. The van der Waals surface area contributed by atoms with Crippen molar-refractivity contribution in [2.24, 2.45) is 0 Å². The van der Waals surface area contributed by atoms with Crippen LogP contribution in [0.25, 0.3) is 0 Å². The first-order valence-corrected chi connectivity index (χ1v) is 6.33. The molecule has 1 aromatic rings. The monoisotopic (exact) mass is 288 g/mol. The van der Waals surface area contributed by atoms with E-state index in [1.807, 2.05) is 0 Å². The van der Waals surface area contributed by atoms with Crippen molar-refractivity contribution in [2.45, 2.75) is 39.8 Å². The summed E-state index contributed by atoms with van der Waals surface area (Å²) < 4.78 is 9.55. The van der Waals surface area contributed by atoms with Crippen LogP contribution in [0.5, 0.6) is 5.88 Å². The van der Waals surface area contributed by atoms with E-state index in [1.54, 1.807) is 27.7 Å². The summed E-state index contributed by atoms with van der Waals surface area (Å²) in [4.78, 5) is 26.4. The van der Waals surface area contributed by atoms with E-state index in [0.29, 0.717) is 9.88 Å². The molecule has 0 atom stereocenters. The third-order valence-electron chi connectivity index (χ3n) is 1.77. The summed E-state index contributed by atoms with van der Waals surface area (Å²) in [6.45, 7) is 7.13. The fourth-order valence-electron chi connectivity index (χ4n) is 1.15. The van der Waals surface area contributed by atoms with Crippen molar-refractivity contribution in [1.29, 1.82) is 0 Å². The fourth-order valence-corrected chi connectivity index (χ4v) is 1.95. The number of alkyl carbamates (subject to hydrolysis) is 1. The number of aromatic nitrogens is 1. The van der Waals surface area contributed by atoms with Gasteiger partial charge in [0.15, 0.2) is 0 Å². The highest BCUT2D eigenvalue weighted by atomic mass is 32.1. The largest absolute Gasteiger partial charge is 0.512 e. The number of nitrogens with one attached hydrogen (secondary N) is 1. The number of amides is 1. The molecule has 0 aliphatic carbocycles. The smallest absolute Gasteiger partial charge is 0.449 e. The Morgan fingerprint density at radius 2 is 2.05 bits per heavy atom. The van der Waals surface area contributed by atoms with Crippen molar-refractivity contribution in [1.82, 2.24) is 10.3 Å². The molecule has 1 amide bonds. The second-order valence-corrected chi connectivity index (χ2v) is 5.98. The molecule has 8 heteroatoms. The van der Waals surface area contributed by atoms with Gasteiger partial charge in [-0.2, -0.15) is 0 Å². The number of thiazole rings is 1. The van der Waals surface area contributed by atoms with Gasteiger partial charge in [-0.05, 0) is 27.7 Å². The van der Waals surface area contributed by atoms with Crippen LogP contribution in [-0.2, 0) is 11.3 Å². The lowest BCUT2D eigenvalue weighted by molar-refractivity contribution is 0.0523. The highest BCUT2D eigenvalue weighted by Gasteiger charge is 2.17. The molecule has 0 saturated carbocycles. The van der Waals surface area contributed by atoms with Gasteiger partial charge in [-0.15, -0.1) is 11.3 Å². The van der Waals surface area contributed by atoms with E-state index in [2.05, 4.69) is 15.0 Å². The predicted octanol–water partition coefficient (Wildman–Crippen LogP) is 2.53. The first kappa shape index (κ1) is 15.2. The second kappa shape index (κ2) is 5.87. The van der Waals surface area contributed by atoms with Crippen molar-refractivity contribution in [3.05, 3.63) is 9.88 Å². The van der Waals surface area contributed by atoms with Gasteiger partial charge in [0.05, 0.1) is 11.4 Å². The van der Waals surface area contributed by atoms with Crippen molar-refractivity contribution in [3.8, 4) is 5.88 Å². The third kappa shape index (κ3) is 5.56. The maximum atomic E-state index is 11.4. The summed E-state index contributed by atoms with van der Waals surface area (Å²) in [6, 6.07) is 0. The van der Waals surface area contributed by atoms with E-state index in [1.165, 1.54) is 11.3 Å². The summed E-state index contributed by atoms with van der Waals surface area (Å²) >= 11 is 1.25. The topological polar surface area (TPSA) is 97.8 Å². The van der Waals surface area contributed by atoms with Gasteiger partial charge in [0.1, 0.15) is 10.6 Å². The van der Waals surface area contributed by atoms with Crippen LogP contribution in [0.1, 0.15) is 30.7 Å². The maximum Gasteiger partial charge on any atom is 0.512 e. The number of carbonyl (C=O) groups is 2. The predicted molar refractivity (Wildman–Crippen MR) is 68.6 cm³/mol. The SMILES string of the molecule is Cc1sc(CNC(=O)OC(C)(C)C)nc1OC(=O)O. The number of ether oxygens (including phenoxy) is 2. The molecule has 0 unspecified atom stereocenters. The summed E-state index contributed by atoms with van der Waals surface area (Å²) in [7, 11) is 0. The molecule has 0 aliphatic heterocycles. The Labute approximate surface area is 114 Å². The van der Waals surface area contributed by atoms with E-state index >= 15 is 0 Å². The van der Waals surface area contributed by atoms with Gasteiger partial charge in [-0.3, -0.25) is 0 Å². The zero-order valence-corrected chi connectivity index (χ0v) is 12.0. The van der Waals surface area contributed by atoms with Crippen LogP contribution in [0.4, 0.5) is 9.59 Å². The summed E-state index contributed by atoms with van der Waals surface area (Å²) in [6.07, 6.45) is -1.97. The van der Waals surface area contributed by atoms with E-state index in [4.69, 9.17) is 9.84 Å². The highest BCUT2D eigenvalue weighted by molar-refractivity contribution is 7.11. The zero-order valence-electron chi connectivity index (χ0n) is 11.1. The Morgan fingerprint density at radius 1 is 1.42 bits per heavy atom. The van der Waals surface area contributed by atoms with Crippen molar-refractivity contribution >= 4 is 23.6 Å². The van der Waals surface area contributed by atoms with Gasteiger partial charge >= 0.3 is 12.2 Å². The molecular formula is C11H16N2O5S.